The molecule has 0 aromatic carbocycles. The molecule has 0 atom stereocenters. The fourth-order valence-electron chi connectivity index (χ4n) is 1.28. The van der Waals surface area contributed by atoms with Gasteiger partial charge < -0.3 is 10.5 Å². The molecule has 0 unspecified atom stereocenters. The van der Waals surface area contributed by atoms with Crippen molar-refractivity contribution in [1.82, 2.24) is 4.90 Å². The van der Waals surface area contributed by atoms with Gasteiger partial charge in [0.25, 0.3) is 0 Å². The van der Waals surface area contributed by atoms with Gasteiger partial charge >= 0.3 is 0 Å². The number of nitrogens with two attached hydrogens (primary N) is 1. The third kappa shape index (κ3) is 4.71. The van der Waals surface area contributed by atoms with E-state index in [1.165, 1.54) is 0 Å². The first-order chi connectivity index (χ1) is 6.33. The van der Waals surface area contributed by atoms with Crippen molar-refractivity contribution in [1.29, 1.82) is 0 Å². The molecule has 1 rings (SSSR count). The smallest absolute Gasteiger partial charge is 0.0594 e. The lowest BCUT2D eigenvalue weighted by Gasteiger charge is -2.25. The van der Waals surface area contributed by atoms with Crippen molar-refractivity contribution in [2.75, 3.05) is 50.9 Å². The van der Waals surface area contributed by atoms with Crippen LogP contribution in [0.2, 0.25) is 0 Å². The lowest BCUT2D eigenvalue weighted by molar-refractivity contribution is 0.112. The first kappa shape index (κ1) is 11.1. The van der Waals surface area contributed by atoms with Gasteiger partial charge in [0.2, 0.25) is 0 Å². The predicted octanol–water partition coefficient (Wildman–Crippen LogP) is -0.974. The summed E-state index contributed by atoms with van der Waals surface area (Å²) in [5, 5.41) is 0. The Morgan fingerprint density at radius 1 is 1.31 bits per heavy atom. The zero-order valence-electron chi connectivity index (χ0n) is 7.91. The molecule has 0 aromatic rings. The predicted molar refractivity (Wildman–Crippen MR) is 54.2 cm³/mol. The lowest BCUT2D eigenvalue weighted by atomic mass is 10.5. The monoisotopic (exact) mass is 206 g/mol. The maximum atomic E-state index is 11.0. The summed E-state index contributed by atoms with van der Waals surface area (Å²) < 4.78 is 16.3. The Morgan fingerprint density at radius 2 is 2.00 bits per heavy atom. The van der Waals surface area contributed by atoms with E-state index in [4.69, 9.17) is 10.5 Å². The average Bonchev–Trinajstić information content (AvgIpc) is 2.15. The maximum absolute atomic E-state index is 11.0. The molecule has 0 aromatic heterocycles. The third-order valence-corrected chi connectivity index (χ3v) is 3.36. The fourth-order valence-corrected chi connectivity index (χ4v) is 2.41. The molecule has 0 aliphatic carbocycles. The molecule has 13 heavy (non-hydrogen) atoms. The molecule has 0 spiro atoms. The maximum Gasteiger partial charge on any atom is 0.0594 e. The first-order valence-corrected chi connectivity index (χ1v) is 6.17. The minimum Gasteiger partial charge on any atom is -0.379 e. The largest absolute Gasteiger partial charge is 0.379 e. The number of rotatable bonds is 5. The van der Waals surface area contributed by atoms with Crippen LogP contribution in [0.1, 0.15) is 0 Å². The SMILES string of the molecule is NCCOCCN1CCS(=O)CC1. The topological polar surface area (TPSA) is 55.6 Å². The zero-order valence-corrected chi connectivity index (χ0v) is 8.72. The van der Waals surface area contributed by atoms with Gasteiger partial charge in [0, 0.05) is 48.5 Å². The summed E-state index contributed by atoms with van der Waals surface area (Å²) in [4.78, 5) is 2.29. The Balaban J connectivity index is 1.99. The molecule has 0 saturated carbocycles. The summed E-state index contributed by atoms with van der Waals surface area (Å²) in [6, 6.07) is 0. The second-order valence-corrected chi connectivity index (χ2v) is 4.79. The van der Waals surface area contributed by atoms with Gasteiger partial charge in [0.05, 0.1) is 13.2 Å². The van der Waals surface area contributed by atoms with Gasteiger partial charge in [0.1, 0.15) is 0 Å². The Kier molecular flexibility index (Phi) is 5.54. The van der Waals surface area contributed by atoms with Crippen molar-refractivity contribution < 1.29 is 8.95 Å². The molecule has 4 nitrogen and oxygen atoms in total. The highest BCUT2D eigenvalue weighted by Crippen LogP contribution is 1.98. The highest BCUT2D eigenvalue weighted by atomic mass is 32.2. The fraction of sp³-hybridized carbons (Fsp3) is 1.00. The van der Waals surface area contributed by atoms with Crippen molar-refractivity contribution in [3.05, 3.63) is 0 Å². The lowest BCUT2D eigenvalue weighted by Crippen LogP contribution is -2.39. The van der Waals surface area contributed by atoms with Crippen molar-refractivity contribution in [3.8, 4) is 0 Å². The van der Waals surface area contributed by atoms with Crippen LogP contribution in [-0.4, -0.2) is 60.0 Å². The molecule has 2 N–H and O–H groups in total. The molecule has 1 fully saturated rings. The van der Waals surface area contributed by atoms with E-state index in [1.54, 1.807) is 0 Å². The van der Waals surface area contributed by atoms with Crippen LogP contribution in [0.25, 0.3) is 0 Å². The summed E-state index contributed by atoms with van der Waals surface area (Å²) in [5.41, 5.74) is 5.29. The summed E-state index contributed by atoms with van der Waals surface area (Å²) in [7, 11) is -0.572. The normalized spacial score (nSPS) is 20.7. The molecule has 0 bridgehead atoms. The van der Waals surface area contributed by atoms with Gasteiger partial charge in [-0.15, -0.1) is 0 Å². The summed E-state index contributed by atoms with van der Waals surface area (Å²) in [6.45, 7) is 4.79. The van der Waals surface area contributed by atoms with Crippen molar-refractivity contribution in [2.24, 2.45) is 5.73 Å². The molecule has 1 aliphatic rings. The number of nitrogens with zero attached hydrogens (tertiary/aromatic N) is 1. The molecule has 5 heteroatoms. The van der Waals surface area contributed by atoms with Gasteiger partial charge in [0.15, 0.2) is 0 Å². The van der Waals surface area contributed by atoms with E-state index < -0.39 is 10.8 Å². The Bertz CT molecular complexity index is 156. The van der Waals surface area contributed by atoms with Gasteiger partial charge in [-0.3, -0.25) is 9.11 Å². The summed E-state index contributed by atoms with van der Waals surface area (Å²) >= 11 is 0. The molecular weight excluding hydrogens is 188 g/mol. The Hall–Kier alpha value is 0.0300. The molecule has 1 aliphatic heterocycles. The van der Waals surface area contributed by atoms with E-state index in [2.05, 4.69) is 4.90 Å². The molecule has 78 valence electrons. The van der Waals surface area contributed by atoms with E-state index in [0.29, 0.717) is 13.2 Å². The van der Waals surface area contributed by atoms with Crippen LogP contribution < -0.4 is 5.73 Å². The van der Waals surface area contributed by atoms with Crippen LogP contribution in [0.4, 0.5) is 0 Å². The zero-order chi connectivity index (χ0) is 9.52. The minimum absolute atomic E-state index is 0.572. The highest BCUT2D eigenvalue weighted by Gasteiger charge is 2.13. The number of hydrogen-bond donors (Lipinski definition) is 1. The first-order valence-electron chi connectivity index (χ1n) is 4.68. The number of hydrogen-bond acceptors (Lipinski definition) is 4. The Morgan fingerprint density at radius 3 is 2.62 bits per heavy atom. The molecule has 0 radical (unpaired) electrons. The van der Waals surface area contributed by atoms with Crippen LogP contribution in [0, 0.1) is 0 Å². The average molecular weight is 206 g/mol. The third-order valence-electron chi connectivity index (χ3n) is 2.08. The van der Waals surface area contributed by atoms with Crippen molar-refractivity contribution in [2.45, 2.75) is 0 Å². The van der Waals surface area contributed by atoms with Gasteiger partial charge in [-0.1, -0.05) is 0 Å². The molecule has 0 amide bonds. The highest BCUT2D eigenvalue weighted by molar-refractivity contribution is 7.85. The summed E-state index contributed by atoms with van der Waals surface area (Å²) in [5.74, 6) is 1.63. The van der Waals surface area contributed by atoms with Crippen LogP contribution in [0.5, 0.6) is 0 Å². The number of ether oxygens (including phenoxy) is 1. The van der Waals surface area contributed by atoms with E-state index in [0.717, 1.165) is 37.7 Å². The van der Waals surface area contributed by atoms with Crippen molar-refractivity contribution in [3.63, 3.8) is 0 Å². The summed E-state index contributed by atoms with van der Waals surface area (Å²) in [6.07, 6.45) is 0. The van der Waals surface area contributed by atoms with E-state index in [-0.39, 0.29) is 0 Å². The standard InChI is InChI=1S/C8H18N2O2S/c9-1-5-12-6-2-10-3-7-13(11)8-4-10/h1-9H2. The van der Waals surface area contributed by atoms with E-state index in [1.807, 2.05) is 0 Å². The Labute approximate surface area is 81.9 Å². The quantitative estimate of drug-likeness (QED) is 0.588. The van der Waals surface area contributed by atoms with Gasteiger partial charge in [-0.25, -0.2) is 0 Å². The van der Waals surface area contributed by atoms with E-state index in [9.17, 15) is 4.21 Å². The van der Waals surface area contributed by atoms with Crippen LogP contribution in [-0.2, 0) is 15.5 Å². The second-order valence-electron chi connectivity index (χ2n) is 3.09. The molecule has 1 saturated heterocycles. The van der Waals surface area contributed by atoms with E-state index >= 15 is 0 Å². The second kappa shape index (κ2) is 6.48. The van der Waals surface area contributed by atoms with Gasteiger partial charge in [-0.2, -0.15) is 0 Å². The van der Waals surface area contributed by atoms with Gasteiger partial charge in [-0.05, 0) is 0 Å². The molecular formula is C8H18N2O2S. The van der Waals surface area contributed by atoms with Crippen LogP contribution in [0.3, 0.4) is 0 Å². The van der Waals surface area contributed by atoms with Crippen molar-refractivity contribution >= 4 is 10.8 Å². The van der Waals surface area contributed by atoms with Crippen LogP contribution in [0.15, 0.2) is 0 Å². The molecule has 1 heterocycles. The minimum atomic E-state index is -0.572. The van der Waals surface area contributed by atoms with Crippen LogP contribution >= 0.6 is 0 Å².